The van der Waals surface area contributed by atoms with Crippen molar-refractivity contribution in [1.29, 1.82) is 0 Å². The molecule has 0 aliphatic heterocycles. The number of amides is 2. The van der Waals surface area contributed by atoms with Crippen LogP contribution in [0.2, 0.25) is 5.02 Å². The molecule has 3 aromatic rings. The first-order valence-corrected chi connectivity index (χ1v) is 12.8. The minimum atomic E-state index is -4.72. The van der Waals surface area contributed by atoms with E-state index in [1.807, 2.05) is 6.92 Å². The third-order valence-corrected chi connectivity index (χ3v) is 7.34. The molecule has 3 aromatic heterocycles. The number of rotatable bonds is 9. The summed E-state index contributed by atoms with van der Waals surface area (Å²) in [6.45, 7) is 2.29. The number of alkyl halides is 3. The molecule has 0 bridgehead atoms. The van der Waals surface area contributed by atoms with Gasteiger partial charge in [0.1, 0.15) is 6.04 Å². The van der Waals surface area contributed by atoms with E-state index in [0.29, 0.717) is 22.9 Å². The van der Waals surface area contributed by atoms with Gasteiger partial charge in [-0.15, -0.1) is 16.4 Å². The summed E-state index contributed by atoms with van der Waals surface area (Å²) in [7, 11) is 0. The number of pyridine rings is 1. The normalized spacial score (nSPS) is 14.9. The molecule has 3 heterocycles. The molecule has 0 radical (unpaired) electrons. The van der Waals surface area contributed by atoms with Crippen molar-refractivity contribution in [1.82, 2.24) is 25.5 Å². The van der Waals surface area contributed by atoms with Crippen LogP contribution in [0.1, 0.15) is 58.2 Å². The molecule has 1 saturated carbocycles. The number of halogens is 4. The van der Waals surface area contributed by atoms with Crippen molar-refractivity contribution >= 4 is 46.4 Å². The van der Waals surface area contributed by atoms with Crippen LogP contribution < -0.4 is 16.0 Å². The summed E-state index contributed by atoms with van der Waals surface area (Å²) in [6.07, 6.45) is 1.12. The highest BCUT2D eigenvalue weighted by Crippen LogP contribution is 2.30. The molecular weight excluding hydrogens is 531 g/mol. The van der Waals surface area contributed by atoms with E-state index in [0.717, 1.165) is 41.9 Å². The van der Waals surface area contributed by atoms with Gasteiger partial charge in [0, 0.05) is 17.6 Å². The van der Waals surface area contributed by atoms with Crippen molar-refractivity contribution in [2.75, 3.05) is 10.6 Å². The number of H-pyrrole nitrogens is 1. The number of aromatic nitrogens is 4. The van der Waals surface area contributed by atoms with Gasteiger partial charge in [-0.05, 0) is 37.5 Å². The predicted molar refractivity (Wildman–Crippen MR) is 133 cm³/mol. The third kappa shape index (κ3) is 7.19. The van der Waals surface area contributed by atoms with Crippen LogP contribution in [0.4, 0.5) is 24.8 Å². The topological polar surface area (TPSA) is 125 Å². The van der Waals surface area contributed by atoms with E-state index < -0.39 is 35.8 Å². The maximum absolute atomic E-state index is 13.0. The van der Waals surface area contributed by atoms with Gasteiger partial charge in [-0.3, -0.25) is 25.0 Å². The SMILES string of the molecule is Cc1ncc(Cl)cc1NCc1ccc(C(=O)NC(CC2CCCC2)C(=O)Nc2n[nH]c(C(F)(F)F)n2)s1. The molecule has 1 aliphatic carbocycles. The molecule has 0 aromatic carbocycles. The smallest absolute Gasteiger partial charge is 0.379 e. The Balaban J connectivity index is 1.41. The Morgan fingerprint density at radius 1 is 1.27 bits per heavy atom. The van der Waals surface area contributed by atoms with Crippen molar-refractivity contribution in [2.45, 2.75) is 57.8 Å². The van der Waals surface area contributed by atoms with E-state index in [4.69, 9.17) is 11.6 Å². The van der Waals surface area contributed by atoms with Crippen LogP contribution in [0.3, 0.4) is 0 Å². The number of nitrogens with one attached hydrogen (secondary N) is 4. The number of carbonyl (C=O) groups excluding carboxylic acids is 2. The van der Waals surface area contributed by atoms with Crippen LogP contribution in [0.25, 0.3) is 0 Å². The van der Waals surface area contributed by atoms with Crippen LogP contribution in [0.5, 0.6) is 0 Å². The largest absolute Gasteiger partial charge is 0.451 e. The summed E-state index contributed by atoms with van der Waals surface area (Å²) in [4.78, 5) is 34.7. The molecule has 9 nitrogen and oxygen atoms in total. The van der Waals surface area contributed by atoms with E-state index in [1.165, 1.54) is 11.3 Å². The number of hydrogen-bond acceptors (Lipinski definition) is 7. The molecule has 4 N–H and O–H groups in total. The van der Waals surface area contributed by atoms with Crippen LogP contribution in [0, 0.1) is 12.8 Å². The van der Waals surface area contributed by atoms with Gasteiger partial charge < -0.3 is 10.6 Å². The van der Waals surface area contributed by atoms with Gasteiger partial charge in [-0.2, -0.15) is 18.2 Å². The number of nitrogens with zero attached hydrogens (tertiary/aromatic N) is 3. The van der Waals surface area contributed by atoms with Gasteiger partial charge in [-0.25, -0.2) is 0 Å². The molecule has 1 unspecified atom stereocenters. The van der Waals surface area contributed by atoms with Crippen LogP contribution in [-0.4, -0.2) is 38.0 Å². The van der Waals surface area contributed by atoms with E-state index in [-0.39, 0.29) is 5.92 Å². The number of aromatic amines is 1. The summed E-state index contributed by atoms with van der Waals surface area (Å²) >= 11 is 7.27. The van der Waals surface area contributed by atoms with Crippen LogP contribution in [-0.2, 0) is 17.5 Å². The Morgan fingerprint density at radius 3 is 2.73 bits per heavy atom. The van der Waals surface area contributed by atoms with E-state index in [2.05, 4.69) is 31.0 Å². The molecule has 0 saturated heterocycles. The third-order valence-electron chi connectivity index (χ3n) is 6.05. The zero-order valence-corrected chi connectivity index (χ0v) is 21.4. The van der Waals surface area contributed by atoms with Crippen molar-refractivity contribution < 1.29 is 22.8 Å². The highest BCUT2D eigenvalue weighted by atomic mass is 35.5. The second-order valence-electron chi connectivity index (χ2n) is 8.81. The lowest BCUT2D eigenvalue weighted by Gasteiger charge is -2.20. The van der Waals surface area contributed by atoms with Gasteiger partial charge >= 0.3 is 6.18 Å². The summed E-state index contributed by atoms with van der Waals surface area (Å²) in [5.41, 5.74) is 1.56. The molecule has 4 rings (SSSR count). The lowest BCUT2D eigenvalue weighted by molar-refractivity contribution is -0.144. The Morgan fingerprint density at radius 2 is 2.03 bits per heavy atom. The fourth-order valence-corrected chi connectivity index (χ4v) is 5.15. The first-order valence-electron chi connectivity index (χ1n) is 11.6. The zero-order chi connectivity index (χ0) is 26.6. The fourth-order valence-electron chi connectivity index (χ4n) is 4.15. The average molecular weight is 556 g/mol. The van der Waals surface area contributed by atoms with Gasteiger partial charge in [0.2, 0.25) is 17.7 Å². The number of aryl methyl sites for hydroxylation is 1. The summed E-state index contributed by atoms with van der Waals surface area (Å²) in [5.74, 6) is -2.70. The van der Waals surface area contributed by atoms with E-state index in [1.54, 1.807) is 29.5 Å². The Bertz CT molecular complexity index is 1260. The van der Waals surface area contributed by atoms with Crippen LogP contribution in [0.15, 0.2) is 24.4 Å². The molecule has 1 fully saturated rings. The minimum absolute atomic E-state index is 0.228. The molecule has 1 aliphatic rings. The Hall–Kier alpha value is -3.19. The second kappa shape index (κ2) is 11.5. The van der Waals surface area contributed by atoms with Crippen molar-refractivity contribution in [3.05, 3.63) is 50.7 Å². The molecule has 198 valence electrons. The molecule has 0 spiro atoms. The number of carbonyl (C=O) groups is 2. The standard InChI is InChI=1S/C23H25ClF3N7O2S/c1-12-16(9-14(24)10-28-12)29-11-15-6-7-18(37-15)20(36)30-17(8-13-4-2-3-5-13)19(35)31-22-32-21(33-34-22)23(25,26)27/h6-7,9-10,13,17,29H,2-5,8,11H2,1H3,(H,30,36)(H2,31,32,33,34,35). The zero-order valence-electron chi connectivity index (χ0n) is 19.8. The fraction of sp³-hybridized carbons (Fsp3) is 0.435. The molecule has 14 heteroatoms. The summed E-state index contributed by atoms with van der Waals surface area (Å²) < 4.78 is 38.4. The van der Waals surface area contributed by atoms with Gasteiger partial charge in [0.15, 0.2) is 0 Å². The Kier molecular flexibility index (Phi) is 8.32. The van der Waals surface area contributed by atoms with Crippen molar-refractivity contribution in [2.24, 2.45) is 5.92 Å². The average Bonchev–Trinajstić information content (AvgIpc) is 3.61. The molecular formula is C23H25ClF3N7O2S. The molecule has 37 heavy (non-hydrogen) atoms. The summed E-state index contributed by atoms with van der Waals surface area (Å²) in [6, 6.07) is 4.28. The Labute approximate surface area is 219 Å². The lowest BCUT2D eigenvalue weighted by atomic mass is 9.97. The number of hydrogen-bond donors (Lipinski definition) is 4. The molecule has 1 atom stereocenters. The second-order valence-corrected chi connectivity index (χ2v) is 10.4. The monoisotopic (exact) mass is 555 g/mol. The molecule has 2 amide bonds. The first kappa shape index (κ1) is 26.9. The lowest BCUT2D eigenvalue weighted by Crippen LogP contribution is -2.44. The van der Waals surface area contributed by atoms with E-state index >= 15 is 0 Å². The maximum Gasteiger partial charge on any atom is 0.451 e. The number of anilines is 2. The van der Waals surface area contributed by atoms with E-state index in [9.17, 15) is 22.8 Å². The first-order chi connectivity index (χ1) is 17.6. The van der Waals surface area contributed by atoms with Crippen molar-refractivity contribution in [3.8, 4) is 0 Å². The van der Waals surface area contributed by atoms with Gasteiger partial charge in [0.05, 0.1) is 21.3 Å². The summed E-state index contributed by atoms with van der Waals surface area (Å²) in [5, 5.41) is 14.0. The van der Waals surface area contributed by atoms with Gasteiger partial charge in [-0.1, -0.05) is 37.3 Å². The minimum Gasteiger partial charge on any atom is -0.379 e. The van der Waals surface area contributed by atoms with Crippen molar-refractivity contribution in [3.63, 3.8) is 0 Å². The maximum atomic E-state index is 13.0. The highest BCUT2D eigenvalue weighted by Gasteiger charge is 2.36. The number of thiophene rings is 1. The van der Waals surface area contributed by atoms with Crippen LogP contribution >= 0.6 is 22.9 Å². The highest BCUT2D eigenvalue weighted by molar-refractivity contribution is 7.14. The quantitative estimate of drug-likeness (QED) is 0.289. The predicted octanol–water partition coefficient (Wildman–Crippen LogP) is 5.17. The van der Waals surface area contributed by atoms with Gasteiger partial charge in [0.25, 0.3) is 5.91 Å².